The summed E-state index contributed by atoms with van der Waals surface area (Å²) >= 11 is 0. The summed E-state index contributed by atoms with van der Waals surface area (Å²) in [5.41, 5.74) is 3.61. The highest BCUT2D eigenvalue weighted by Crippen LogP contribution is 2.05. The van der Waals surface area contributed by atoms with Crippen molar-refractivity contribution in [1.82, 2.24) is 10.4 Å². The van der Waals surface area contributed by atoms with Gasteiger partial charge in [0.2, 0.25) is 5.91 Å². The van der Waals surface area contributed by atoms with Crippen molar-refractivity contribution >= 4 is 24.1 Å². The minimum Gasteiger partial charge on any atom is -0.383 e. The van der Waals surface area contributed by atoms with Gasteiger partial charge in [0, 0.05) is 20.1 Å². The van der Waals surface area contributed by atoms with Gasteiger partial charge in [0.05, 0.1) is 6.61 Å². The number of nitrogens with zero attached hydrogens (tertiary/aromatic N) is 1. The van der Waals surface area contributed by atoms with Crippen molar-refractivity contribution in [3.05, 3.63) is 42.0 Å². The smallest absolute Gasteiger partial charge is 0.237 e. The van der Waals surface area contributed by atoms with Crippen molar-refractivity contribution in [1.29, 1.82) is 0 Å². The number of hydrogen-bond donors (Lipinski definition) is 1. The number of aldehydes is 1. The number of nitrogens with one attached hydrogen (secondary N) is 1. The van der Waals surface area contributed by atoms with E-state index in [-0.39, 0.29) is 12.3 Å². The van der Waals surface area contributed by atoms with Gasteiger partial charge in [-0.25, -0.2) is 5.43 Å². The highest BCUT2D eigenvalue weighted by molar-refractivity contribution is 6.08. The number of carbonyl (C=O) groups excluding carboxylic acids is 3. The Hall–Kier alpha value is -2.31. The summed E-state index contributed by atoms with van der Waals surface area (Å²) < 4.78 is 4.90. The summed E-state index contributed by atoms with van der Waals surface area (Å²) in [4.78, 5) is 35.6. The predicted octanol–water partition coefficient (Wildman–Crippen LogP) is 1.23. The molecule has 1 rings (SSSR count). The molecule has 0 bridgehead atoms. The van der Waals surface area contributed by atoms with Crippen LogP contribution in [0.4, 0.5) is 0 Å². The zero-order valence-electron chi connectivity index (χ0n) is 13.4. The molecule has 0 heterocycles. The Balaban J connectivity index is 2.83. The third kappa shape index (κ3) is 6.14. The molecule has 1 atom stereocenters. The maximum atomic E-state index is 12.3. The van der Waals surface area contributed by atoms with Crippen LogP contribution in [0, 0.1) is 0 Å². The second-order valence-electron chi connectivity index (χ2n) is 4.75. The molecule has 0 aliphatic carbocycles. The summed E-state index contributed by atoms with van der Waals surface area (Å²) in [6.45, 7) is 2.34. The number of methoxy groups -OCH3 is 1. The predicted molar refractivity (Wildman–Crippen MR) is 87.4 cm³/mol. The molecule has 1 N–H and O–H groups in total. The zero-order chi connectivity index (χ0) is 17.1. The maximum absolute atomic E-state index is 12.3. The van der Waals surface area contributed by atoms with E-state index in [9.17, 15) is 14.4 Å². The molecular formula is C17H22N2O4. The standard InChI is InChI=1S/C17H22N2O4/c1-3-17(22)19(18-11-12-23-2)15(13-20)16(21)10-9-14-7-5-4-6-8-14/h4-10,13,15,18H,3,11-12H2,1-2H3. The third-order valence-electron chi connectivity index (χ3n) is 3.10. The van der Waals surface area contributed by atoms with Gasteiger partial charge in [-0.2, -0.15) is 0 Å². The number of rotatable bonds is 10. The molecule has 0 saturated carbocycles. The molecule has 0 spiro atoms. The van der Waals surface area contributed by atoms with E-state index >= 15 is 0 Å². The molecule has 0 fully saturated rings. The Morgan fingerprint density at radius 1 is 1.30 bits per heavy atom. The van der Waals surface area contributed by atoms with Crippen LogP contribution in [0.3, 0.4) is 0 Å². The second kappa shape index (κ2) is 10.4. The Bertz CT molecular complexity index is 543. The van der Waals surface area contributed by atoms with E-state index in [2.05, 4.69) is 5.43 Å². The normalized spacial score (nSPS) is 12.1. The molecule has 0 saturated heterocycles. The molecule has 1 amide bonds. The highest BCUT2D eigenvalue weighted by Gasteiger charge is 2.27. The fourth-order valence-electron chi connectivity index (χ4n) is 1.88. The minimum absolute atomic E-state index is 0.181. The molecule has 23 heavy (non-hydrogen) atoms. The summed E-state index contributed by atoms with van der Waals surface area (Å²) in [5, 5.41) is 1.07. The third-order valence-corrected chi connectivity index (χ3v) is 3.10. The molecule has 6 heteroatoms. The lowest BCUT2D eigenvalue weighted by Crippen LogP contribution is -2.54. The van der Waals surface area contributed by atoms with Gasteiger partial charge in [-0.3, -0.25) is 14.6 Å². The van der Waals surface area contributed by atoms with Crippen molar-refractivity contribution in [2.75, 3.05) is 20.3 Å². The maximum Gasteiger partial charge on any atom is 0.237 e. The van der Waals surface area contributed by atoms with E-state index < -0.39 is 11.8 Å². The fourth-order valence-corrected chi connectivity index (χ4v) is 1.88. The molecular weight excluding hydrogens is 296 g/mol. The van der Waals surface area contributed by atoms with E-state index in [1.165, 1.54) is 13.2 Å². The second-order valence-corrected chi connectivity index (χ2v) is 4.75. The van der Waals surface area contributed by atoms with Crippen molar-refractivity contribution in [2.24, 2.45) is 0 Å². The molecule has 1 aromatic rings. The molecule has 0 aliphatic rings. The molecule has 6 nitrogen and oxygen atoms in total. The largest absolute Gasteiger partial charge is 0.383 e. The average Bonchev–Trinajstić information content (AvgIpc) is 2.59. The molecule has 124 valence electrons. The number of ketones is 1. The van der Waals surface area contributed by atoms with Crippen LogP contribution in [0.25, 0.3) is 6.08 Å². The first-order chi connectivity index (χ1) is 11.1. The summed E-state index contributed by atoms with van der Waals surface area (Å²) in [5.74, 6) is -0.796. The lowest BCUT2D eigenvalue weighted by molar-refractivity contribution is -0.144. The lowest BCUT2D eigenvalue weighted by atomic mass is 10.1. The van der Waals surface area contributed by atoms with E-state index in [0.717, 1.165) is 10.6 Å². The van der Waals surface area contributed by atoms with Gasteiger partial charge < -0.3 is 9.53 Å². The van der Waals surface area contributed by atoms with Crippen LogP contribution in [-0.2, 0) is 19.1 Å². The van der Waals surface area contributed by atoms with Gasteiger partial charge in [0.1, 0.15) is 0 Å². The fraction of sp³-hybridized carbons (Fsp3) is 0.353. The van der Waals surface area contributed by atoms with Crippen molar-refractivity contribution in [3.63, 3.8) is 0 Å². The van der Waals surface area contributed by atoms with Gasteiger partial charge in [0.25, 0.3) is 0 Å². The Morgan fingerprint density at radius 2 is 2.00 bits per heavy atom. The topological polar surface area (TPSA) is 75.7 Å². The summed E-state index contributed by atoms with van der Waals surface area (Å²) in [6.07, 6.45) is 3.57. The molecule has 0 aliphatic heterocycles. The first kappa shape index (κ1) is 18.7. The Morgan fingerprint density at radius 3 is 2.57 bits per heavy atom. The van der Waals surface area contributed by atoms with Crippen LogP contribution in [0.5, 0.6) is 0 Å². The van der Waals surface area contributed by atoms with E-state index in [1.54, 1.807) is 13.0 Å². The van der Waals surface area contributed by atoms with Crippen LogP contribution in [0.1, 0.15) is 18.9 Å². The van der Waals surface area contributed by atoms with Crippen LogP contribution >= 0.6 is 0 Å². The van der Waals surface area contributed by atoms with Crippen LogP contribution in [0.15, 0.2) is 36.4 Å². The van der Waals surface area contributed by atoms with E-state index in [4.69, 9.17) is 4.74 Å². The van der Waals surface area contributed by atoms with Gasteiger partial charge in [-0.05, 0) is 11.6 Å². The molecule has 1 aromatic carbocycles. The van der Waals surface area contributed by atoms with Crippen LogP contribution in [-0.4, -0.2) is 49.3 Å². The van der Waals surface area contributed by atoms with Crippen molar-refractivity contribution < 1.29 is 19.1 Å². The van der Waals surface area contributed by atoms with Crippen molar-refractivity contribution in [2.45, 2.75) is 19.4 Å². The number of carbonyl (C=O) groups is 3. The highest BCUT2D eigenvalue weighted by atomic mass is 16.5. The number of benzene rings is 1. The summed E-state index contributed by atoms with van der Waals surface area (Å²) in [6, 6.07) is 8.05. The number of hydrazine groups is 1. The Labute approximate surface area is 136 Å². The monoisotopic (exact) mass is 318 g/mol. The lowest BCUT2D eigenvalue weighted by Gasteiger charge is -2.26. The number of ether oxygens (including phenoxy) is 1. The number of amides is 1. The van der Waals surface area contributed by atoms with Gasteiger partial charge in [-0.1, -0.05) is 43.3 Å². The minimum atomic E-state index is -1.20. The molecule has 0 radical (unpaired) electrons. The van der Waals surface area contributed by atoms with E-state index in [1.807, 2.05) is 30.3 Å². The summed E-state index contributed by atoms with van der Waals surface area (Å²) in [7, 11) is 1.53. The quantitative estimate of drug-likeness (QED) is 0.231. The van der Waals surface area contributed by atoms with Gasteiger partial charge in [0.15, 0.2) is 18.1 Å². The van der Waals surface area contributed by atoms with Gasteiger partial charge >= 0.3 is 0 Å². The SMILES string of the molecule is CCC(=O)N(NCCOC)C(C=O)C(=O)C=Cc1ccccc1. The Kier molecular flexibility index (Phi) is 8.49. The van der Waals surface area contributed by atoms with Gasteiger partial charge in [-0.15, -0.1) is 0 Å². The van der Waals surface area contributed by atoms with Crippen LogP contribution < -0.4 is 5.43 Å². The first-order valence-electron chi connectivity index (χ1n) is 7.40. The van der Waals surface area contributed by atoms with Crippen LogP contribution in [0.2, 0.25) is 0 Å². The average molecular weight is 318 g/mol. The van der Waals surface area contributed by atoms with E-state index in [0.29, 0.717) is 19.4 Å². The molecule has 1 unspecified atom stereocenters. The first-order valence-corrected chi connectivity index (χ1v) is 7.40. The molecule has 0 aromatic heterocycles. The number of hydrogen-bond acceptors (Lipinski definition) is 5. The zero-order valence-corrected chi connectivity index (χ0v) is 13.4. The van der Waals surface area contributed by atoms with Crippen molar-refractivity contribution in [3.8, 4) is 0 Å².